The summed E-state index contributed by atoms with van der Waals surface area (Å²) in [5.41, 5.74) is 4.85. The fraction of sp³-hybridized carbons (Fsp3) is 0.364. The third-order valence-corrected chi connectivity index (χ3v) is 10.9. The summed E-state index contributed by atoms with van der Waals surface area (Å²) >= 11 is 8.41. The Bertz CT molecular complexity index is 1190. The van der Waals surface area contributed by atoms with Gasteiger partial charge in [0.2, 0.25) is 0 Å². The second kappa shape index (κ2) is 9.55. The number of aliphatic imine (C=N–C) groups is 1. The van der Waals surface area contributed by atoms with E-state index in [9.17, 15) is 17.8 Å². The van der Waals surface area contributed by atoms with Gasteiger partial charge in [-0.3, -0.25) is 0 Å². The van der Waals surface area contributed by atoms with Gasteiger partial charge in [-0.25, -0.2) is 0 Å². The normalized spacial score (nSPS) is 16.3. The molecule has 1 aliphatic heterocycles. The van der Waals surface area contributed by atoms with Crippen molar-refractivity contribution in [3.63, 3.8) is 0 Å². The zero-order valence-corrected chi connectivity index (χ0v) is 22.7. The first-order chi connectivity index (χ1) is 14.8. The fourth-order valence-corrected chi connectivity index (χ4v) is 6.34. The number of thiol groups is 2. The fourth-order valence-electron chi connectivity index (χ4n) is 3.54. The Morgan fingerprint density at radius 1 is 1.22 bits per heavy atom. The molecule has 10 heteroatoms. The number of hydrogen-bond acceptors (Lipinski definition) is 6. The van der Waals surface area contributed by atoms with E-state index in [1.54, 1.807) is 0 Å². The van der Waals surface area contributed by atoms with Crippen molar-refractivity contribution in [2.45, 2.75) is 48.2 Å². The predicted octanol–water partition coefficient (Wildman–Crippen LogP) is 3.89. The molecule has 2 aromatic rings. The molecule has 2 N–H and O–H groups in total. The third kappa shape index (κ3) is 5.28. The van der Waals surface area contributed by atoms with Gasteiger partial charge in [0.25, 0.3) is 0 Å². The molecule has 1 aliphatic rings. The minimum absolute atomic E-state index is 0.0365. The van der Waals surface area contributed by atoms with Gasteiger partial charge in [-0.05, 0) is 0 Å². The van der Waals surface area contributed by atoms with Crippen LogP contribution in [0.5, 0.6) is 0 Å². The molecule has 1 heterocycles. The minimum atomic E-state index is -4.51. The van der Waals surface area contributed by atoms with E-state index in [2.05, 4.69) is 44.4 Å². The van der Waals surface area contributed by atoms with Crippen LogP contribution < -0.4 is 9.67 Å². The number of carbonyl (C=O) groups is 1. The molecule has 0 spiro atoms. The van der Waals surface area contributed by atoms with Gasteiger partial charge in [-0.15, -0.1) is 0 Å². The maximum atomic E-state index is 12.6. The molecule has 0 saturated heterocycles. The summed E-state index contributed by atoms with van der Waals surface area (Å²) in [5.74, 6) is -0.789. The van der Waals surface area contributed by atoms with Gasteiger partial charge in [0, 0.05) is 0 Å². The first-order valence-corrected chi connectivity index (χ1v) is 14.8. The van der Waals surface area contributed by atoms with Crippen molar-refractivity contribution in [1.29, 1.82) is 0 Å². The van der Waals surface area contributed by atoms with Crippen LogP contribution in [0.3, 0.4) is 0 Å². The second-order valence-electron chi connectivity index (χ2n) is 8.22. The van der Waals surface area contributed by atoms with Crippen LogP contribution in [0.1, 0.15) is 33.3 Å². The maximum absolute atomic E-state index is 12.6. The van der Waals surface area contributed by atoms with Gasteiger partial charge < -0.3 is 0 Å². The van der Waals surface area contributed by atoms with Gasteiger partial charge in [0.15, 0.2) is 0 Å². The Hall–Kier alpha value is -1.25. The van der Waals surface area contributed by atoms with Crippen LogP contribution in [0.2, 0.25) is 5.21 Å². The van der Waals surface area contributed by atoms with Crippen molar-refractivity contribution in [1.82, 2.24) is 0 Å². The van der Waals surface area contributed by atoms with Crippen molar-refractivity contribution in [2.75, 3.05) is 5.32 Å². The monoisotopic (exact) mass is 553 g/mol. The number of nitrogens with one attached hydrogen (secondary N) is 1. The number of nitrogens with zero attached hydrogens (tertiary/aromatic N) is 1. The van der Waals surface area contributed by atoms with Crippen molar-refractivity contribution in [3.05, 3.63) is 42.0 Å². The van der Waals surface area contributed by atoms with Crippen molar-refractivity contribution in [2.24, 2.45) is 4.99 Å². The number of carbonyl (C=O) groups excluding carboxylic acids is 1. The third-order valence-electron chi connectivity index (χ3n) is 5.66. The average Bonchev–Trinajstić information content (AvgIpc) is 2.94. The summed E-state index contributed by atoms with van der Waals surface area (Å²) in [7, 11) is -4.51. The topological polar surface area (TPSA) is 95.8 Å². The summed E-state index contributed by atoms with van der Waals surface area (Å²) in [5, 5.41) is 1.96. The predicted molar refractivity (Wildman–Crippen MR) is 139 cm³/mol. The van der Waals surface area contributed by atoms with E-state index < -0.39 is 21.3 Å². The van der Waals surface area contributed by atoms with E-state index in [1.165, 1.54) is 0 Å². The van der Waals surface area contributed by atoms with Crippen LogP contribution >= 0.6 is 25.3 Å². The molecule has 1 amide bonds. The molecule has 0 saturated carbocycles. The second-order valence-corrected chi connectivity index (χ2v) is 14.1. The van der Waals surface area contributed by atoms with E-state index in [1.807, 2.05) is 43.3 Å². The van der Waals surface area contributed by atoms with Crippen LogP contribution in [-0.4, -0.2) is 50.2 Å². The number of hydrogen-bond donors (Lipinski definition) is 4. The summed E-state index contributed by atoms with van der Waals surface area (Å²) in [6, 6.07) is 11.7. The molecule has 6 nitrogen and oxygen atoms in total. The van der Waals surface area contributed by atoms with Gasteiger partial charge in [-0.2, -0.15) is 0 Å². The zero-order chi connectivity index (χ0) is 23.8. The molecular formula is C22H26AsN2O4S3. The van der Waals surface area contributed by atoms with Crippen molar-refractivity contribution in [3.8, 4) is 11.1 Å². The van der Waals surface area contributed by atoms with E-state index in [4.69, 9.17) is 4.99 Å². The average molecular weight is 554 g/mol. The van der Waals surface area contributed by atoms with E-state index in [0.717, 1.165) is 44.6 Å². The summed E-state index contributed by atoms with van der Waals surface area (Å²) in [4.78, 5) is 17.4. The molecule has 1 unspecified atom stereocenters. The Balaban J connectivity index is 2.12. The molecule has 32 heavy (non-hydrogen) atoms. The van der Waals surface area contributed by atoms with E-state index in [-0.39, 0.29) is 25.7 Å². The molecule has 1 radical (unpaired) electrons. The molecule has 0 aromatic heterocycles. The van der Waals surface area contributed by atoms with Gasteiger partial charge in [-0.1, -0.05) is 0 Å². The number of benzene rings is 2. The van der Waals surface area contributed by atoms with Crippen LogP contribution in [0.15, 0.2) is 41.4 Å². The van der Waals surface area contributed by atoms with E-state index in [0.29, 0.717) is 5.69 Å². The van der Waals surface area contributed by atoms with Gasteiger partial charge in [0.05, 0.1) is 0 Å². The van der Waals surface area contributed by atoms with Gasteiger partial charge in [0.1, 0.15) is 0 Å². The zero-order valence-electron chi connectivity index (χ0n) is 18.2. The Morgan fingerprint density at radius 2 is 1.91 bits per heavy atom. The Kier molecular flexibility index (Phi) is 7.57. The molecule has 1 atom stereocenters. The molecule has 171 valence electrons. The standard InChI is InChI=1S/C22H26AsN2O4S3/c1-12(32(27,28)29)21(26)25-18-10-14(23-11-19(30)31)8-9-15(18)16-6-5-7-17-20(16)22(3,4)13(2)24-17/h5-10,12,19,30-31H,11H2,1-4H3,(H,25,26)(H,27,28,29). The summed E-state index contributed by atoms with van der Waals surface area (Å²) in [6.45, 7) is 7.38. The first kappa shape index (κ1) is 25.4. The van der Waals surface area contributed by atoms with Crippen LogP contribution in [0.4, 0.5) is 11.4 Å². The quantitative estimate of drug-likeness (QED) is 0.181. The number of rotatable bonds is 7. The van der Waals surface area contributed by atoms with Crippen LogP contribution in [0.25, 0.3) is 11.1 Å². The molecule has 2 aromatic carbocycles. The van der Waals surface area contributed by atoms with Gasteiger partial charge >= 0.3 is 208 Å². The number of amides is 1. The Morgan fingerprint density at radius 3 is 2.53 bits per heavy atom. The van der Waals surface area contributed by atoms with Crippen LogP contribution in [-0.2, 0) is 20.3 Å². The molecule has 0 bridgehead atoms. The van der Waals surface area contributed by atoms with E-state index >= 15 is 0 Å². The summed E-state index contributed by atoms with van der Waals surface area (Å²) < 4.78 is 33.3. The SMILES string of the molecule is CC1=Nc2cccc(-c3ccc([As]CC(S)S)cc3NC(=O)C(C)S(=O)(=O)O)c2C1(C)C. The first-order valence-electron chi connectivity index (χ1n) is 9.97. The van der Waals surface area contributed by atoms with Crippen molar-refractivity contribution < 1.29 is 17.8 Å². The molecule has 0 fully saturated rings. The van der Waals surface area contributed by atoms with Crippen molar-refractivity contribution >= 4 is 78.5 Å². The molecule has 3 rings (SSSR count). The Labute approximate surface area is 206 Å². The number of fused-ring (bicyclic) bond motifs is 1. The van der Waals surface area contributed by atoms with Crippen LogP contribution in [0, 0.1) is 0 Å². The summed E-state index contributed by atoms with van der Waals surface area (Å²) in [6.07, 6.45) is 0. The molecule has 0 aliphatic carbocycles. The molecular weight excluding hydrogens is 527 g/mol. The number of anilines is 1.